The van der Waals surface area contributed by atoms with E-state index in [-0.39, 0.29) is 17.0 Å². The molecule has 0 aliphatic rings. The van der Waals surface area contributed by atoms with Crippen LogP contribution >= 0.6 is 34.8 Å². The molecule has 0 unspecified atom stereocenters. The van der Waals surface area contributed by atoms with Gasteiger partial charge in [0.1, 0.15) is 5.75 Å². The zero-order chi connectivity index (χ0) is 18.8. The first kappa shape index (κ1) is 18.8. The summed E-state index contributed by atoms with van der Waals surface area (Å²) in [5.41, 5.74) is 0.457. The molecule has 0 saturated carbocycles. The summed E-state index contributed by atoms with van der Waals surface area (Å²) >= 11 is 18.1. The first-order valence-corrected chi connectivity index (χ1v) is 8.92. The van der Waals surface area contributed by atoms with Crippen molar-refractivity contribution >= 4 is 45.7 Å². The van der Waals surface area contributed by atoms with Crippen LogP contribution in [-0.4, -0.2) is 11.2 Å². The average Bonchev–Trinajstić information content (AvgIpc) is 2.57. The molecule has 1 heterocycles. The third kappa shape index (κ3) is 3.90. The van der Waals surface area contributed by atoms with Crippen molar-refractivity contribution in [2.45, 2.75) is 19.9 Å². The van der Waals surface area contributed by atoms with Gasteiger partial charge in [-0.25, -0.2) is 9.59 Å². The average molecular weight is 415 g/mol. The third-order valence-corrected chi connectivity index (χ3v) is 4.77. The Morgan fingerprint density at radius 2 is 1.85 bits per heavy atom. The fraction of sp³-hybridized carbons (Fsp3) is 0.222. The molecule has 0 amide bonds. The van der Waals surface area contributed by atoms with Gasteiger partial charge in [0, 0.05) is 16.6 Å². The lowest BCUT2D eigenvalue weighted by molar-refractivity contribution is 0.296. The molecule has 1 aromatic heterocycles. The van der Waals surface area contributed by atoms with E-state index in [2.05, 4.69) is 0 Å². The topological polar surface area (TPSA) is 61.4 Å². The number of aryl methyl sites for hydroxylation is 2. The van der Waals surface area contributed by atoms with Crippen molar-refractivity contribution in [3.05, 3.63) is 71.9 Å². The van der Waals surface area contributed by atoms with Crippen LogP contribution in [0.2, 0.25) is 15.1 Å². The molecule has 0 aliphatic carbocycles. The number of rotatable bonds is 5. The molecule has 2 aromatic carbocycles. The maximum atomic E-state index is 12.1. The Morgan fingerprint density at radius 3 is 2.58 bits per heavy atom. The number of aromatic nitrogens is 1. The highest BCUT2D eigenvalue weighted by atomic mass is 35.5. The molecule has 0 saturated heterocycles. The summed E-state index contributed by atoms with van der Waals surface area (Å²) in [6, 6.07) is 8.28. The van der Waals surface area contributed by atoms with E-state index in [1.807, 2.05) is 13.0 Å². The van der Waals surface area contributed by atoms with Crippen molar-refractivity contribution in [2.75, 3.05) is 6.61 Å². The number of hydrogen-bond acceptors (Lipinski definition) is 4. The smallest absolute Gasteiger partial charge is 0.422 e. The number of benzene rings is 2. The third-order valence-electron chi connectivity index (χ3n) is 3.84. The number of halogens is 3. The first-order valence-electron chi connectivity index (χ1n) is 7.78. The zero-order valence-electron chi connectivity index (χ0n) is 13.7. The molecular weight excluding hydrogens is 401 g/mol. The number of hydrogen-bond donors (Lipinski definition) is 0. The van der Waals surface area contributed by atoms with E-state index in [1.54, 1.807) is 12.1 Å². The molecule has 0 aliphatic heterocycles. The largest absolute Gasteiger partial charge is 0.494 e. The van der Waals surface area contributed by atoms with E-state index in [0.717, 1.165) is 5.56 Å². The second kappa shape index (κ2) is 7.74. The van der Waals surface area contributed by atoms with Crippen LogP contribution in [0.5, 0.6) is 5.75 Å². The summed E-state index contributed by atoms with van der Waals surface area (Å²) in [6.07, 6.45) is 0.503. The lowest BCUT2D eigenvalue weighted by Gasteiger charge is -2.11. The minimum atomic E-state index is -0.769. The normalized spacial score (nSPS) is 11.1. The van der Waals surface area contributed by atoms with Crippen molar-refractivity contribution in [2.24, 2.45) is 0 Å². The van der Waals surface area contributed by atoms with Gasteiger partial charge < -0.3 is 9.15 Å². The lowest BCUT2D eigenvalue weighted by atomic mass is 10.2. The van der Waals surface area contributed by atoms with Crippen LogP contribution in [0.1, 0.15) is 12.0 Å². The second-order valence-corrected chi connectivity index (χ2v) is 6.95. The molecule has 3 aromatic rings. The minimum Gasteiger partial charge on any atom is -0.494 e. The summed E-state index contributed by atoms with van der Waals surface area (Å²) in [7, 11) is 0. The van der Waals surface area contributed by atoms with Gasteiger partial charge in [-0.3, -0.25) is 4.57 Å². The summed E-state index contributed by atoms with van der Waals surface area (Å²) in [4.78, 5) is 24.0. The molecular formula is C18H14Cl3NO4. The molecule has 26 heavy (non-hydrogen) atoms. The van der Waals surface area contributed by atoms with Crippen molar-refractivity contribution in [1.29, 1.82) is 0 Å². The monoisotopic (exact) mass is 413 g/mol. The van der Waals surface area contributed by atoms with Crippen molar-refractivity contribution in [1.82, 2.24) is 4.57 Å². The Balaban J connectivity index is 1.80. The molecule has 5 nitrogen and oxygen atoms in total. The highest BCUT2D eigenvalue weighted by Gasteiger charge is 2.14. The van der Waals surface area contributed by atoms with Crippen LogP contribution in [-0.2, 0) is 6.54 Å². The van der Waals surface area contributed by atoms with Gasteiger partial charge in [0.2, 0.25) is 0 Å². The van der Waals surface area contributed by atoms with Crippen LogP contribution in [0.15, 0.2) is 44.3 Å². The quantitative estimate of drug-likeness (QED) is 0.568. The minimum absolute atomic E-state index is 0.163. The Morgan fingerprint density at radius 1 is 1.08 bits per heavy atom. The molecule has 0 fully saturated rings. The summed E-state index contributed by atoms with van der Waals surface area (Å²) in [5, 5.41) is 1.34. The van der Waals surface area contributed by atoms with Crippen LogP contribution in [0, 0.1) is 6.92 Å². The summed E-state index contributed by atoms with van der Waals surface area (Å²) in [5.74, 6) is -0.0810. The Kier molecular flexibility index (Phi) is 5.61. The molecule has 0 radical (unpaired) electrons. The molecule has 0 spiro atoms. The van der Waals surface area contributed by atoms with E-state index in [0.29, 0.717) is 34.3 Å². The second-order valence-electron chi connectivity index (χ2n) is 5.70. The van der Waals surface area contributed by atoms with Gasteiger partial charge in [0.15, 0.2) is 0 Å². The number of nitrogens with zero attached hydrogens (tertiary/aromatic N) is 1. The van der Waals surface area contributed by atoms with Crippen LogP contribution < -0.4 is 16.1 Å². The van der Waals surface area contributed by atoms with Gasteiger partial charge in [-0.1, -0.05) is 34.8 Å². The fourth-order valence-corrected chi connectivity index (χ4v) is 3.31. The van der Waals surface area contributed by atoms with Gasteiger partial charge in [0.05, 0.1) is 22.5 Å². The summed E-state index contributed by atoms with van der Waals surface area (Å²) < 4.78 is 11.7. The van der Waals surface area contributed by atoms with Crippen LogP contribution in [0.3, 0.4) is 0 Å². The highest BCUT2D eigenvalue weighted by molar-refractivity contribution is 6.38. The van der Waals surface area contributed by atoms with Crippen molar-refractivity contribution in [3.63, 3.8) is 0 Å². The van der Waals surface area contributed by atoms with E-state index in [9.17, 15) is 9.59 Å². The molecule has 136 valence electrons. The van der Waals surface area contributed by atoms with Gasteiger partial charge >= 0.3 is 11.4 Å². The molecule has 3 rings (SSSR count). The maximum absolute atomic E-state index is 12.1. The Labute approximate surface area is 163 Å². The fourth-order valence-electron chi connectivity index (χ4n) is 2.60. The van der Waals surface area contributed by atoms with E-state index < -0.39 is 11.4 Å². The molecule has 8 heteroatoms. The first-order chi connectivity index (χ1) is 12.4. The Bertz CT molecular complexity index is 1090. The van der Waals surface area contributed by atoms with Gasteiger partial charge in [-0.15, -0.1) is 0 Å². The predicted octanol–water partition coefficient (Wildman–Crippen LogP) is 4.69. The zero-order valence-corrected chi connectivity index (χ0v) is 16.0. The van der Waals surface area contributed by atoms with E-state index >= 15 is 0 Å². The van der Waals surface area contributed by atoms with E-state index in [1.165, 1.54) is 16.7 Å². The van der Waals surface area contributed by atoms with E-state index in [4.69, 9.17) is 44.0 Å². The Hall–Kier alpha value is -1.95. The van der Waals surface area contributed by atoms with Crippen LogP contribution in [0.25, 0.3) is 10.9 Å². The highest BCUT2D eigenvalue weighted by Crippen LogP contribution is 2.25. The molecule has 0 N–H and O–H groups in total. The van der Waals surface area contributed by atoms with Gasteiger partial charge in [-0.05, 0) is 49.2 Å². The van der Waals surface area contributed by atoms with Gasteiger partial charge in [0.25, 0.3) is 0 Å². The summed E-state index contributed by atoms with van der Waals surface area (Å²) in [6.45, 7) is 2.52. The standard InChI is InChI=1S/C18H14Cl3NO4/c1-10-7-12(3-4-14(10)20)25-6-2-5-22-16-13(17(23)26-18(22)24)8-11(19)9-15(16)21/h3-4,7-9H,2,5-6H2,1H3. The number of fused-ring (bicyclic) bond motifs is 1. The molecule has 0 atom stereocenters. The number of ether oxygens (including phenoxy) is 1. The SMILES string of the molecule is Cc1cc(OCCCn2c(=O)oc(=O)c3cc(Cl)cc(Cl)c32)ccc1Cl. The van der Waals surface area contributed by atoms with Crippen molar-refractivity contribution < 1.29 is 9.15 Å². The molecule has 0 bridgehead atoms. The maximum Gasteiger partial charge on any atom is 0.422 e. The van der Waals surface area contributed by atoms with Crippen LogP contribution in [0.4, 0.5) is 0 Å². The van der Waals surface area contributed by atoms with Gasteiger partial charge in [-0.2, -0.15) is 0 Å². The predicted molar refractivity (Wildman–Crippen MR) is 103 cm³/mol. The van der Waals surface area contributed by atoms with Crippen molar-refractivity contribution in [3.8, 4) is 5.75 Å². The lowest BCUT2D eigenvalue weighted by Crippen LogP contribution is -2.26.